The molecule has 162 valence electrons. The zero-order valence-corrected chi connectivity index (χ0v) is 17.8. The zero-order chi connectivity index (χ0) is 22.1. The molecule has 1 fully saturated rings. The van der Waals surface area contributed by atoms with Crippen molar-refractivity contribution in [3.63, 3.8) is 0 Å². The van der Waals surface area contributed by atoms with Crippen molar-refractivity contribution in [2.45, 2.75) is 33.0 Å². The van der Waals surface area contributed by atoms with Crippen molar-refractivity contribution >= 4 is 23.1 Å². The Kier molecular flexibility index (Phi) is 5.78. The van der Waals surface area contributed by atoms with Crippen LogP contribution in [0.15, 0.2) is 54.2 Å². The molecule has 0 N–H and O–H groups in total. The van der Waals surface area contributed by atoms with E-state index in [4.69, 9.17) is 9.47 Å². The third-order valence-corrected chi connectivity index (χ3v) is 5.33. The topological polar surface area (TPSA) is 59.1 Å². The van der Waals surface area contributed by atoms with Crippen molar-refractivity contribution in [3.05, 3.63) is 65.6 Å². The van der Waals surface area contributed by atoms with E-state index in [1.54, 1.807) is 24.3 Å². The third kappa shape index (κ3) is 4.05. The highest BCUT2D eigenvalue weighted by molar-refractivity contribution is 6.45. The lowest BCUT2D eigenvalue weighted by atomic mass is 10.0. The fourth-order valence-corrected chi connectivity index (χ4v) is 4.14. The standard InChI is InChI=1S/C24H25FN2O4/c1-4-30-20-11-5-17(6-12-20)21-22(26-13-15(2)31-16(3)14-26)24(29)27(23(21)28)19-9-7-18(25)8-10-19/h5-12,15-16H,4,13-14H2,1-3H3. The van der Waals surface area contributed by atoms with Crippen molar-refractivity contribution in [1.29, 1.82) is 0 Å². The van der Waals surface area contributed by atoms with E-state index in [1.165, 1.54) is 24.3 Å². The summed E-state index contributed by atoms with van der Waals surface area (Å²) in [6.45, 7) is 7.31. The van der Waals surface area contributed by atoms with Crippen molar-refractivity contribution in [3.8, 4) is 5.75 Å². The molecule has 1 saturated heterocycles. The van der Waals surface area contributed by atoms with Gasteiger partial charge in [-0.1, -0.05) is 12.1 Å². The van der Waals surface area contributed by atoms with Gasteiger partial charge in [0.1, 0.15) is 17.3 Å². The van der Waals surface area contributed by atoms with Gasteiger partial charge in [-0.05, 0) is 62.7 Å². The number of benzene rings is 2. The third-order valence-electron chi connectivity index (χ3n) is 5.33. The average Bonchev–Trinajstić information content (AvgIpc) is 2.99. The van der Waals surface area contributed by atoms with Gasteiger partial charge < -0.3 is 14.4 Å². The minimum Gasteiger partial charge on any atom is -0.494 e. The van der Waals surface area contributed by atoms with Gasteiger partial charge in [0.05, 0.1) is 30.1 Å². The number of carbonyl (C=O) groups excluding carboxylic acids is 2. The number of carbonyl (C=O) groups is 2. The molecule has 4 rings (SSSR count). The predicted molar refractivity (Wildman–Crippen MR) is 115 cm³/mol. The van der Waals surface area contributed by atoms with E-state index in [2.05, 4.69) is 0 Å². The fourth-order valence-electron chi connectivity index (χ4n) is 4.14. The molecule has 2 unspecified atom stereocenters. The Morgan fingerprint density at radius 2 is 1.58 bits per heavy atom. The van der Waals surface area contributed by atoms with Gasteiger partial charge in [-0.2, -0.15) is 0 Å². The zero-order valence-electron chi connectivity index (χ0n) is 17.8. The Bertz CT molecular complexity index is 1010. The molecule has 0 aromatic heterocycles. The van der Waals surface area contributed by atoms with Crippen LogP contribution >= 0.6 is 0 Å². The largest absolute Gasteiger partial charge is 0.494 e. The number of imide groups is 1. The van der Waals surface area contributed by atoms with Gasteiger partial charge in [0, 0.05) is 13.1 Å². The summed E-state index contributed by atoms with van der Waals surface area (Å²) in [5, 5.41) is 0. The van der Waals surface area contributed by atoms with Crippen LogP contribution in [0.25, 0.3) is 5.57 Å². The lowest BCUT2D eigenvalue weighted by Gasteiger charge is -2.37. The normalized spacial score (nSPS) is 21.8. The van der Waals surface area contributed by atoms with Gasteiger partial charge in [0.25, 0.3) is 11.8 Å². The number of amides is 2. The maximum absolute atomic E-state index is 13.5. The Morgan fingerprint density at radius 3 is 2.16 bits per heavy atom. The number of hydrogen-bond donors (Lipinski definition) is 0. The molecule has 0 spiro atoms. The summed E-state index contributed by atoms with van der Waals surface area (Å²) >= 11 is 0. The van der Waals surface area contributed by atoms with Crippen LogP contribution in [0.2, 0.25) is 0 Å². The first-order chi connectivity index (χ1) is 14.9. The summed E-state index contributed by atoms with van der Waals surface area (Å²) in [4.78, 5) is 30.0. The molecule has 0 radical (unpaired) electrons. The molecule has 31 heavy (non-hydrogen) atoms. The number of anilines is 1. The number of hydrogen-bond acceptors (Lipinski definition) is 5. The molecule has 7 heteroatoms. The van der Waals surface area contributed by atoms with Crippen molar-refractivity contribution in [2.75, 3.05) is 24.6 Å². The molecule has 6 nitrogen and oxygen atoms in total. The molecule has 2 aromatic carbocycles. The summed E-state index contributed by atoms with van der Waals surface area (Å²) in [6, 6.07) is 12.5. The van der Waals surface area contributed by atoms with Crippen LogP contribution < -0.4 is 9.64 Å². The Hall–Kier alpha value is -3.19. The maximum Gasteiger partial charge on any atom is 0.282 e. The molecule has 2 aliphatic rings. The van der Waals surface area contributed by atoms with E-state index >= 15 is 0 Å². The number of ether oxygens (including phenoxy) is 2. The Morgan fingerprint density at radius 1 is 0.968 bits per heavy atom. The predicted octanol–water partition coefficient (Wildman–Crippen LogP) is 3.62. The van der Waals surface area contributed by atoms with Gasteiger partial charge in [0.15, 0.2) is 0 Å². The van der Waals surface area contributed by atoms with Gasteiger partial charge in [-0.25, -0.2) is 9.29 Å². The van der Waals surface area contributed by atoms with Gasteiger partial charge >= 0.3 is 0 Å². The van der Waals surface area contributed by atoms with E-state index in [0.717, 1.165) is 4.90 Å². The molecule has 0 bridgehead atoms. The highest BCUT2D eigenvalue weighted by Crippen LogP contribution is 2.36. The minimum atomic E-state index is -0.432. The van der Waals surface area contributed by atoms with Crippen LogP contribution in [-0.2, 0) is 14.3 Å². The van der Waals surface area contributed by atoms with Crippen molar-refractivity contribution in [2.24, 2.45) is 0 Å². The lowest BCUT2D eigenvalue weighted by molar-refractivity contribution is -0.121. The van der Waals surface area contributed by atoms with Crippen molar-refractivity contribution in [1.82, 2.24) is 4.90 Å². The molecule has 2 amide bonds. The smallest absolute Gasteiger partial charge is 0.282 e. The van der Waals surface area contributed by atoms with E-state index in [9.17, 15) is 14.0 Å². The minimum absolute atomic E-state index is 0.0828. The Balaban J connectivity index is 1.79. The van der Waals surface area contributed by atoms with E-state index in [1.807, 2.05) is 25.7 Å². The first-order valence-electron chi connectivity index (χ1n) is 10.4. The average molecular weight is 424 g/mol. The molecule has 2 heterocycles. The van der Waals surface area contributed by atoms with Crippen molar-refractivity contribution < 1.29 is 23.5 Å². The molecule has 2 aliphatic heterocycles. The van der Waals surface area contributed by atoms with Gasteiger partial charge in [-0.15, -0.1) is 0 Å². The molecule has 0 saturated carbocycles. The number of nitrogens with zero attached hydrogens (tertiary/aromatic N) is 2. The maximum atomic E-state index is 13.5. The molecule has 2 atom stereocenters. The summed E-state index contributed by atoms with van der Waals surface area (Å²) in [5.41, 5.74) is 1.65. The van der Waals surface area contributed by atoms with Crippen LogP contribution in [0.3, 0.4) is 0 Å². The molecular weight excluding hydrogens is 399 g/mol. The fraction of sp³-hybridized carbons (Fsp3) is 0.333. The Labute approximate surface area is 180 Å². The molecule has 0 aliphatic carbocycles. The van der Waals surface area contributed by atoms with Gasteiger partial charge in [-0.3, -0.25) is 9.59 Å². The highest BCUT2D eigenvalue weighted by Gasteiger charge is 2.43. The lowest BCUT2D eigenvalue weighted by Crippen LogP contribution is -2.47. The second-order valence-electron chi connectivity index (χ2n) is 7.77. The molecular formula is C24H25FN2O4. The monoisotopic (exact) mass is 424 g/mol. The van der Waals surface area contributed by atoms with Crippen LogP contribution in [0.1, 0.15) is 26.3 Å². The number of halogens is 1. The number of rotatable bonds is 5. The van der Waals surface area contributed by atoms with E-state index < -0.39 is 17.6 Å². The van der Waals surface area contributed by atoms with Crippen LogP contribution in [0.5, 0.6) is 5.75 Å². The SMILES string of the molecule is CCOc1ccc(C2=C(N3CC(C)OC(C)C3)C(=O)N(c3ccc(F)cc3)C2=O)cc1. The van der Waals surface area contributed by atoms with Crippen LogP contribution in [-0.4, -0.2) is 48.6 Å². The molecule has 2 aromatic rings. The first kappa shape index (κ1) is 21.1. The van der Waals surface area contributed by atoms with Crippen LogP contribution in [0.4, 0.5) is 10.1 Å². The summed E-state index contributed by atoms with van der Waals surface area (Å²) in [6.07, 6.45) is -0.166. The summed E-state index contributed by atoms with van der Waals surface area (Å²) < 4.78 is 24.7. The second-order valence-corrected chi connectivity index (χ2v) is 7.77. The number of morpholine rings is 1. The van der Waals surface area contributed by atoms with Gasteiger partial charge in [0.2, 0.25) is 0 Å². The highest BCUT2D eigenvalue weighted by atomic mass is 19.1. The van der Waals surface area contributed by atoms with E-state index in [0.29, 0.717) is 48.0 Å². The summed E-state index contributed by atoms with van der Waals surface area (Å²) in [7, 11) is 0. The van der Waals surface area contributed by atoms with E-state index in [-0.39, 0.29) is 12.2 Å². The van der Waals surface area contributed by atoms with Crippen LogP contribution in [0, 0.1) is 5.82 Å². The summed E-state index contributed by atoms with van der Waals surface area (Å²) in [5.74, 6) is -0.586. The quantitative estimate of drug-likeness (QED) is 0.687. The first-order valence-corrected chi connectivity index (χ1v) is 10.4. The second kappa shape index (κ2) is 8.51.